The second kappa shape index (κ2) is 9.05. The molecule has 0 saturated carbocycles. The van der Waals surface area contributed by atoms with Crippen LogP contribution in [0, 0.1) is 0 Å². The minimum absolute atomic E-state index is 0.159. The highest BCUT2D eigenvalue weighted by atomic mass is 35.5. The van der Waals surface area contributed by atoms with Crippen LogP contribution < -0.4 is 14.8 Å². The van der Waals surface area contributed by atoms with E-state index in [9.17, 15) is 9.59 Å². The molecule has 1 aromatic heterocycles. The maximum absolute atomic E-state index is 11.8. The van der Waals surface area contributed by atoms with Crippen molar-refractivity contribution in [2.45, 2.75) is 6.42 Å². The third kappa shape index (κ3) is 5.46. The molecule has 0 bridgehead atoms. The van der Waals surface area contributed by atoms with E-state index in [1.165, 1.54) is 12.3 Å². The van der Waals surface area contributed by atoms with Gasteiger partial charge in [-0.2, -0.15) is 0 Å². The zero-order valence-corrected chi connectivity index (χ0v) is 15.1. The molecule has 0 saturated heterocycles. The maximum Gasteiger partial charge on any atom is 0.331 e. The first-order chi connectivity index (χ1) is 13.1. The van der Waals surface area contributed by atoms with E-state index in [0.717, 1.165) is 12.0 Å². The summed E-state index contributed by atoms with van der Waals surface area (Å²) in [7, 11) is 0. The summed E-state index contributed by atoms with van der Waals surface area (Å²) in [4.78, 5) is 27.4. The number of benzene rings is 1. The smallest absolute Gasteiger partial charge is 0.331 e. The van der Waals surface area contributed by atoms with Gasteiger partial charge in [-0.3, -0.25) is 4.79 Å². The predicted molar refractivity (Wildman–Crippen MR) is 99.9 cm³/mol. The SMILES string of the molecule is O=C(COC(=O)/C=C/c1ccc2c(c1)OCCCO2)Nc1cccnc1Cl. The summed E-state index contributed by atoms with van der Waals surface area (Å²) in [5.74, 6) is 0.158. The van der Waals surface area contributed by atoms with Gasteiger partial charge >= 0.3 is 5.97 Å². The van der Waals surface area contributed by atoms with Gasteiger partial charge in [-0.25, -0.2) is 9.78 Å². The Balaban J connectivity index is 1.51. The number of carbonyl (C=O) groups is 2. The Labute approximate surface area is 160 Å². The van der Waals surface area contributed by atoms with Gasteiger partial charge < -0.3 is 19.5 Å². The number of pyridine rings is 1. The van der Waals surface area contributed by atoms with Crippen LogP contribution in [0.15, 0.2) is 42.6 Å². The standard InChI is InChI=1S/C19H17ClN2O5/c20-19-14(3-1-8-21-19)22-17(23)12-27-18(24)7-5-13-4-6-15-16(11-13)26-10-2-9-25-15/h1,3-8,11H,2,9-10,12H2,(H,22,23)/b7-5+. The van der Waals surface area contributed by atoms with E-state index in [1.807, 2.05) is 0 Å². The van der Waals surface area contributed by atoms with Crippen LogP contribution in [-0.2, 0) is 14.3 Å². The molecule has 0 spiro atoms. The van der Waals surface area contributed by atoms with E-state index >= 15 is 0 Å². The molecule has 27 heavy (non-hydrogen) atoms. The lowest BCUT2D eigenvalue weighted by Crippen LogP contribution is -2.20. The van der Waals surface area contributed by atoms with Crippen LogP contribution in [0.4, 0.5) is 5.69 Å². The molecular weight excluding hydrogens is 372 g/mol. The number of anilines is 1. The Kier molecular flexibility index (Phi) is 6.27. The minimum Gasteiger partial charge on any atom is -0.490 e. The number of hydrogen-bond donors (Lipinski definition) is 1. The monoisotopic (exact) mass is 388 g/mol. The van der Waals surface area contributed by atoms with Crippen LogP contribution in [0.3, 0.4) is 0 Å². The highest BCUT2D eigenvalue weighted by Gasteiger charge is 2.11. The molecule has 0 atom stereocenters. The number of ether oxygens (including phenoxy) is 3. The number of halogens is 1. The van der Waals surface area contributed by atoms with Crippen molar-refractivity contribution in [3.63, 3.8) is 0 Å². The molecule has 7 nitrogen and oxygen atoms in total. The molecule has 8 heteroatoms. The quantitative estimate of drug-likeness (QED) is 0.481. The van der Waals surface area contributed by atoms with E-state index in [1.54, 1.807) is 36.4 Å². The number of nitrogens with zero attached hydrogens (tertiary/aromatic N) is 1. The van der Waals surface area contributed by atoms with Crippen molar-refractivity contribution < 1.29 is 23.8 Å². The van der Waals surface area contributed by atoms with Gasteiger partial charge in [-0.15, -0.1) is 0 Å². The van der Waals surface area contributed by atoms with Gasteiger partial charge in [0, 0.05) is 18.7 Å². The average molecular weight is 389 g/mol. The summed E-state index contributed by atoms with van der Waals surface area (Å²) in [6, 6.07) is 8.59. The number of carbonyl (C=O) groups excluding carboxylic acids is 2. The highest BCUT2D eigenvalue weighted by molar-refractivity contribution is 6.32. The first kappa shape index (κ1) is 18.7. The first-order valence-corrected chi connectivity index (χ1v) is 8.64. The molecule has 140 valence electrons. The molecule has 0 unspecified atom stereocenters. The molecule has 1 amide bonds. The summed E-state index contributed by atoms with van der Waals surface area (Å²) in [6.07, 6.45) is 5.14. The Morgan fingerprint density at radius 1 is 1.22 bits per heavy atom. The van der Waals surface area contributed by atoms with Gasteiger partial charge in [0.15, 0.2) is 23.3 Å². The largest absolute Gasteiger partial charge is 0.490 e. The summed E-state index contributed by atoms with van der Waals surface area (Å²) in [5.41, 5.74) is 1.10. The van der Waals surface area contributed by atoms with Crippen molar-refractivity contribution in [1.82, 2.24) is 4.98 Å². The van der Waals surface area contributed by atoms with E-state index in [4.69, 9.17) is 25.8 Å². The van der Waals surface area contributed by atoms with Gasteiger partial charge in [0.05, 0.1) is 18.9 Å². The Bertz CT molecular complexity index is 869. The lowest BCUT2D eigenvalue weighted by Gasteiger charge is -2.07. The zero-order chi connectivity index (χ0) is 19.1. The van der Waals surface area contributed by atoms with Gasteiger partial charge in [0.25, 0.3) is 5.91 Å². The fraction of sp³-hybridized carbons (Fsp3) is 0.211. The number of fused-ring (bicyclic) bond motifs is 1. The van der Waals surface area contributed by atoms with Gasteiger partial charge in [-0.1, -0.05) is 17.7 Å². The molecular formula is C19H17ClN2O5. The molecule has 0 fully saturated rings. The normalized spacial score (nSPS) is 13.1. The molecule has 1 aliphatic heterocycles. The molecule has 2 aromatic rings. The van der Waals surface area contributed by atoms with Crippen LogP contribution in [0.25, 0.3) is 6.08 Å². The number of hydrogen-bond acceptors (Lipinski definition) is 6. The van der Waals surface area contributed by atoms with E-state index in [2.05, 4.69) is 10.3 Å². The minimum atomic E-state index is -0.644. The van der Waals surface area contributed by atoms with Crippen LogP contribution in [0.2, 0.25) is 5.15 Å². The summed E-state index contributed by atoms with van der Waals surface area (Å²) < 4.78 is 16.1. The van der Waals surface area contributed by atoms with Gasteiger partial charge in [0.1, 0.15) is 0 Å². The van der Waals surface area contributed by atoms with Crippen molar-refractivity contribution in [2.75, 3.05) is 25.1 Å². The van der Waals surface area contributed by atoms with Gasteiger partial charge in [-0.05, 0) is 35.9 Å². The fourth-order valence-electron chi connectivity index (χ4n) is 2.30. The Morgan fingerprint density at radius 3 is 2.85 bits per heavy atom. The third-order valence-corrected chi connectivity index (χ3v) is 3.86. The van der Waals surface area contributed by atoms with Crippen LogP contribution >= 0.6 is 11.6 Å². The van der Waals surface area contributed by atoms with Crippen molar-refractivity contribution in [1.29, 1.82) is 0 Å². The van der Waals surface area contributed by atoms with Crippen molar-refractivity contribution in [3.8, 4) is 11.5 Å². The average Bonchev–Trinajstić information content (AvgIpc) is 2.91. The highest BCUT2D eigenvalue weighted by Crippen LogP contribution is 2.30. The van der Waals surface area contributed by atoms with E-state index < -0.39 is 18.5 Å². The van der Waals surface area contributed by atoms with Crippen LogP contribution in [0.1, 0.15) is 12.0 Å². The number of rotatable bonds is 5. The second-order valence-electron chi connectivity index (χ2n) is 5.59. The molecule has 0 radical (unpaired) electrons. The molecule has 1 N–H and O–H groups in total. The number of aromatic nitrogens is 1. The van der Waals surface area contributed by atoms with Crippen LogP contribution in [-0.4, -0.2) is 36.7 Å². The lowest BCUT2D eigenvalue weighted by molar-refractivity contribution is -0.142. The van der Waals surface area contributed by atoms with Gasteiger partial charge in [0.2, 0.25) is 0 Å². The molecule has 3 rings (SSSR count). The summed E-state index contributed by atoms with van der Waals surface area (Å²) in [6.45, 7) is 0.759. The third-order valence-electron chi connectivity index (χ3n) is 3.56. The number of esters is 1. The number of nitrogens with one attached hydrogen (secondary N) is 1. The van der Waals surface area contributed by atoms with E-state index in [-0.39, 0.29) is 5.15 Å². The molecule has 2 heterocycles. The second-order valence-corrected chi connectivity index (χ2v) is 5.95. The molecule has 1 aromatic carbocycles. The van der Waals surface area contributed by atoms with Crippen molar-refractivity contribution in [2.24, 2.45) is 0 Å². The predicted octanol–water partition coefficient (Wildman–Crippen LogP) is 3.09. The van der Waals surface area contributed by atoms with Crippen LogP contribution in [0.5, 0.6) is 11.5 Å². The lowest BCUT2D eigenvalue weighted by atomic mass is 10.2. The summed E-state index contributed by atoms with van der Waals surface area (Å²) in [5, 5.41) is 2.67. The molecule has 1 aliphatic rings. The van der Waals surface area contributed by atoms with Crippen molar-refractivity contribution >= 4 is 35.2 Å². The van der Waals surface area contributed by atoms with Crippen molar-refractivity contribution in [3.05, 3.63) is 53.3 Å². The zero-order valence-electron chi connectivity index (χ0n) is 14.3. The Morgan fingerprint density at radius 2 is 2.04 bits per heavy atom. The Hall–Kier alpha value is -3.06. The maximum atomic E-state index is 11.8. The van der Waals surface area contributed by atoms with E-state index in [0.29, 0.717) is 30.4 Å². The summed E-state index contributed by atoms with van der Waals surface area (Å²) >= 11 is 5.85. The number of amides is 1. The topological polar surface area (TPSA) is 86.8 Å². The molecule has 0 aliphatic carbocycles. The first-order valence-electron chi connectivity index (χ1n) is 8.27. The fourth-order valence-corrected chi connectivity index (χ4v) is 2.46.